The standard InChI is InChI=1S/C13H19FN2O/c1-8-7-10(14)3-4-11(8)13(16-15)12-5-6-17-9(12)2/h3-4,7,9,12-13,16H,5-6,15H2,1-2H3. The van der Waals surface area contributed by atoms with Crippen LogP contribution in [-0.2, 0) is 4.74 Å². The molecular weight excluding hydrogens is 219 g/mol. The van der Waals surface area contributed by atoms with Crippen molar-refractivity contribution in [2.45, 2.75) is 32.4 Å². The van der Waals surface area contributed by atoms with Crippen molar-refractivity contribution in [2.24, 2.45) is 11.8 Å². The van der Waals surface area contributed by atoms with Gasteiger partial charge < -0.3 is 4.74 Å². The minimum atomic E-state index is -0.210. The molecule has 0 amide bonds. The van der Waals surface area contributed by atoms with E-state index in [1.54, 1.807) is 12.1 Å². The summed E-state index contributed by atoms with van der Waals surface area (Å²) in [6, 6.07) is 4.85. The fraction of sp³-hybridized carbons (Fsp3) is 0.538. The molecule has 17 heavy (non-hydrogen) atoms. The minimum absolute atomic E-state index is 0.0214. The largest absolute Gasteiger partial charge is 0.378 e. The lowest BCUT2D eigenvalue weighted by molar-refractivity contribution is 0.0953. The van der Waals surface area contributed by atoms with E-state index >= 15 is 0 Å². The Bertz CT molecular complexity index is 397. The van der Waals surface area contributed by atoms with E-state index in [1.807, 2.05) is 6.92 Å². The normalized spacial score (nSPS) is 26.1. The lowest BCUT2D eigenvalue weighted by Gasteiger charge is -2.26. The van der Waals surface area contributed by atoms with Crippen molar-refractivity contribution in [1.29, 1.82) is 0 Å². The molecule has 3 unspecified atom stereocenters. The molecule has 0 aromatic heterocycles. The predicted molar refractivity (Wildman–Crippen MR) is 64.7 cm³/mol. The smallest absolute Gasteiger partial charge is 0.123 e. The fourth-order valence-electron chi connectivity index (χ4n) is 2.62. The molecule has 1 aliphatic rings. The van der Waals surface area contributed by atoms with E-state index in [2.05, 4.69) is 12.3 Å². The van der Waals surface area contributed by atoms with Gasteiger partial charge in [0, 0.05) is 12.5 Å². The van der Waals surface area contributed by atoms with Gasteiger partial charge in [-0.25, -0.2) is 4.39 Å². The minimum Gasteiger partial charge on any atom is -0.378 e. The molecule has 3 nitrogen and oxygen atoms in total. The molecule has 0 radical (unpaired) electrons. The van der Waals surface area contributed by atoms with Gasteiger partial charge in [-0.15, -0.1) is 0 Å². The summed E-state index contributed by atoms with van der Waals surface area (Å²) in [5.41, 5.74) is 4.82. The van der Waals surface area contributed by atoms with E-state index in [0.717, 1.165) is 24.2 Å². The fourth-order valence-corrected chi connectivity index (χ4v) is 2.62. The van der Waals surface area contributed by atoms with Gasteiger partial charge in [-0.3, -0.25) is 11.3 Å². The van der Waals surface area contributed by atoms with Crippen LogP contribution in [0.4, 0.5) is 4.39 Å². The van der Waals surface area contributed by atoms with Crippen LogP contribution in [-0.4, -0.2) is 12.7 Å². The molecular formula is C13H19FN2O. The highest BCUT2D eigenvalue weighted by molar-refractivity contribution is 5.30. The van der Waals surface area contributed by atoms with Crippen LogP contribution >= 0.6 is 0 Å². The zero-order chi connectivity index (χ0) is 12.4. The van der Waals surface area contributed by atoms with Gasteiger partial charge in [0.15, 0.2) is 0 Å². The summed E-state index contributed by atoms with van der Waals surface area (Å²) in [5, 5.41) is 0. The van der Waals surface area contributed by atoms with Gasteiger partial charge in [-0.05, 0) is 43.5 Å². The van der Waals surface area contributed by atoms with Crippen molar-refractivity contribution >= 4 is 0 Å². The summed E-state index contributed by atoms with van der Waals surface area (Å²) >= 11 is 0. The van der Waals surface area contributed by atoms with Crippen LogP contribution < -0.4 is 11.3 Å². The molecule has 1 saturated heterocycles. The first-order valence-corrected chi connectivity index (χ1v) is 5.97. The molecule has 1 aromatic carbocycles. The number of ether oxygens (including phenoxy) is 1. The Kier molecular flexibility index (Phi) is 3.76. The van der Waals surface area contributed by atoms with Gasteiger partial charge >= 0.3 is 0 Å². The van der Waals surface area contributed by atoms with E-state index in [9.17, 15) is 4.39 Å². The monoisotopic (exact) mass is 238 g/mol. The van der Waals surface area contributed by atoms with Crippen molar-refractivity contribution in [1.82, 2.24) is 5.43 Å². The highest BCUT2D eigenvalue weighted by atomic mass is 19.1. The molecule has 3 atom stereocenters. The average molecular weight is 238 g/mol. The van der Waals surface area contributed by atoms with Crippen molar-refractivity contribution in [2.75, 3.05) is 6.61 Å². The van der Waals surface area contributed by atoms with E-state index in [-0.39, 0.29) is 18.0 Å². The van der Waals surface area contributed by atoms with E-state index in [1.165, 1.54) is 6.07 Å². The number of benzene rings is 1. The van der Waals surface area contributed by atoms with Gasteiger partial charge in [0.2, 0.25) is 0 Å². The molecule has 2 rings (SSSR count). The summed E-state index contributed by atoms with van der Waals surface area (Å²) in [4.78, 5) is 0. The predicted octanol–water partition coefficient (Wildman–Crippen LogP) is 2.06. The topological polar surface area (TPSA) is 47.3 Å². The number of aryl methyl sites for hydroxylation is 1. The number of hydrogen-bond donors (Lipinski definition) is 2. The second-order valence-corrected chi connectivity index (χ2v) is 4.67. The lowest BCUT2D eigenvalue weighted by Crippen LogP contribution is -2.36. The maximum absolute atomic E-state index is 13.1. The molecule has 0 saturated carbocycles. The second-order valence-electron chi connectivity index (χ2n) is 4.67. The van der Waals surface area contributed by atoms with Crippen LogP contribution in [0.15, 0.2) is 18.2 Å². The molecule has 1 aliphatic heterocycles. The quantitative estimate of drug-likeness (QED) is 0.626. The third kappa shape index (κ3) is 2.49. The third-order valence-electron chi connectivity index (χ3n) is 3.61. The maximum Gasteiger partial charge on any atom is 0.123 e. The summed E-state index contributed by atoms with van der Waals surface area (Å²) in [6.07, 6.45) is 1.16. The summed E-state index contributed by atoms with van der Waals surface area (Å²) < 4.78 is 18.7. The zero-order valence-corrected chi connectivity index (χ0v) is 10.2. The first kappa shape index (κ1) is 12.5. The number of nitrogens with one attached hydrogen (secondary N) is 1. The first-order chi connectivity index (χ1) is 8.13. The van der Waals surface area contributed by atoms with Gasteiger partial charge in [0.1, 0.15) is 5.82 Å². The number of hydrazine groups is 1. The Labute approximate surface area is 101 Å². The number of halogens is 1. The van der Waals surface area contributed by atoms with Gasteiger partial charge in [-0.1, -0.05) is 6.07 Å². The summed E-state index contributed by atoms with van der Waals surface area (Å²) in [5.74, 6) is 5.78. The van der Waals surface area contributed by atoms with E-state index < -0.39 is 0 Å². The molecule has 4 heteroatoms. The SMILES string of the molecule is Cc1cc(F)ccc1C(NN)C1CCOC1C. The highest BCUT2D eigenvalue weighted by Gasteiger charge is 2.32. The summed E-state index contributed by atoms with van der Waals surface area (Å²) in [6.45, 7) is 4.73. The Hall–Kier alpha value is -0.970. The Morgan fingerprint density at radius 1 is 1.53 bits per heavy atom. The molecule has 0 aliphatic carbocycles. The van der Waals surface area contributed by atoms with Crippen LogP contribution in [0, 0.1) is 18.7 Å². The van der Waals surface area contributed by atoms with Crippen molar-refractivity contribution in [3.8, 4) is 0 Å². The molecule has 1 fully saturated rings. The highest BCUT2D eigenvalue weighted by Crippen LogP contribution is 2.34. The molecule has 1 aromatic rings. The molecule has 94 valence electrons. The van der Waals surface area contributed by atoms with E-state index in [4.69, 9.17) is 10.6 Å². The van der Waals surface area contributed by atoms with Crippen molar-refractivity contribution in [3.63, 3.8) is 0 Å². The first-order valence-electron chi connectivity index (χ1n) is 5.97. The van der Waals surface area contributed by atoms with Crippen molar-refractivity contribution < 1.29 is 9.13 Å². The van der Waals surface area contributed by atoms with Crippen LogP contribution in [0.25, 0.3) is 0 Å². The number of hydrogen-bond acceptors (Lipinski definition) is 3. The molecule has 0 spiro atoms. The molecule has 0 bridgehead atoms. The molecule has 1 heterocycles. The Morgan fingerprint density at radius 3 is 2.82 bits per heavy atom. The van der Waals surface area contributed by atoms with Gasteiger partial charge in [0.25, 0.3) is 0 Å². The van der Waals surface area contributed by atoms with Crippen LogP contribution in [0.5, 0.6) is 0 Å². The van der Waals surface area contributed by atoms with Gasteiger partial charge in [-0.2, -0.15) is 0 Å². The molecule has 3 N–H and O–H groups in total. The third-order valence-corrected chi connectivity index (χ3v) is 3.61. The maximum atomic E-state index is 13.1. The Morgan fingerprint density at radius 2 is 2.29 bits per heavy atom. The van der Waals surface area contributed by atoms with Crippen LogP contribution in [0.2, 0.25) is 0 Å². The van der Waals surface area contributed by atoms with E-state index in [0.29, 0.717) is 5.92 Å². The Balaban J connectivity index is 2.28. The van der Waals surface area contributed by atoms with Gasteiger partial charge in [0.05, 0.1) is 12.1 Å². The lowest BCUT2D eigenvalue weighted by atomic mass is 9.87. The number of rotatable bonds is 3. The van der Waals surface area contributed by atoms with Crippen LogP contribution in [0.3, 0.4) is 0 Å². The second kappa shape index (κ2) is 5.12. The number of nitrogens with two attached hydrogens (primary N) is 1. The zero-order valence-electron chi connectivity index (χ0n) is 10.2. The van der Waals surface area contributed by atoms with Crippen LogP contribution in [0.1, 0.15) is 30.5 Å². The van der Waals surface area contributed by atoms with Crippen molar-refractivity contribution in [3.05, 3.63) is 35.1 Å². The average Bonchev–Trinajstić information content (AvgIpc) is 2.69. The summed E-state index contributed by atoms with van der Waals surface area (Å²) in [7, 11) is 0.